The number of carboxylic acids is 1. The third-order valence-corrected chi connectivity index (χ3v) is 4.01. The minimum atomic E-state index is -1.62. The molecule has 0 aromatic heterocycles. The SMILES string of the molecule is C[Si](C)(C)C#Cc1ccc(Nc2c(C(=O)O)ccc(F)c2F)c(F)c1. The number of aromatic carboxylic acids is 1. The fourth-order valence-corrected chi connectivity index (χ4v) is 2.46. The zero-order valence-electron chi connectivity index (χ0n) is 13.9. The molecule has 2 rings (SSSR count). The molecule has 2 aromatic carbocycles. The standard InChI is InChI=1S/C18H16F3NO2Si/c1-25(2,3)9-8-11-4-7-15(14(20)10-11)22-17-12(18(23)24)5-6-13(19)16(17)21/h4-7,10,22H,1-3H3,(H,23,24). The van der Waals surface area contributed by atoms with Crippen molar-refractivity contribution in [2.75, 3.05) is 5.32 Å². The third kappa shape index (κ3) is 4.64. The average Bonchev–Trinajstić information content (AvgIpc) is 2.51. The van der Waals surface area contributed by atoms with Crippen molar-refractivity contribution in [3.63, 3.8) is 0 Å². The highest BCUT2D eigenvalue weighted by Gasteiger charge is 2.19. The molecule has 7 heteroatoms. The predicted molar refractivity (Wildman–Crippen MR) is 93.2 cm³/mol. The van der Waals surface area contributed by atoms with E-state index in [1.54, 1.807) is 0 Å². The smallest absolute Gasteiger partial charge is 0.337 e. The van der Waals surface area contributed by atoms with Gasteiger partial charge in [0.2, 0.25) is 0 Å². The molecule has 0 bridgehead atoms. The molecule has 2 N–H and O–H groups in total. The Balaban J connectivity index is 2.41. The molecule has 0 radical (unpaired) electrons. The molecule has 0 saturated carbocycles. The molecule has 130 valence electrons. The lowest BCUT2D eigenvalue weighted by atomic mass is 10.1. The van der Waals surface area contributed by atoms with Gasteiger partial charge in [0.25, 0.3) is 0 Å². The van der Waals surface area contributed by atoms with E-state index < -0.39 is 42.7 Å². The van der Waals surface area contributed by atoms with Crippen LogP contribution in [-0.4, -0.2) is 19.1 Å². The molecular formula is C18H16F3NO2Si. The van der Waals surface area contributed by atoms with Crippen LogP contribution in [0.15, 0.2) is 30.3 Å². The largest absolute Gasteiger partial charge is 0.478 e. The Labute approximate surface area is 144 Å². The fourth-order valence-electron chi connectivity index (χ4n) is 1.94. The van der Waals surface area contributed by atoms with Gasteiger partial charge in [0.15, 0.2) is 11.6 Å². The lowest BCUT2D eigenvalue weighted by Gasteiger charge is -2.12. The summed E-state index contributed by atoms with van der Waals surface area (Å²) >= 11 is 0. The Hall–Kier alpha value is -2.72. The van der Waals surface area contributed by atoms with Gasteiger partial charge in [0.05, 0.1) is 16.9 Å². The summed E-state index contributed by atoms with van der Waals surface area (Å²) in [5.74, 6) is -1.94. The summed E-state index contributed by atoms with van der Waals surface area (Å²) in [6.07, 6.45) is 0. The minimum absolute atomic E-state index is 0.175. The fraction of sp³-hybridized carbons (Fsp3) is 0.167. The normalized spacial score (nSPS) is 10.8. The Kier molecular flexibility index (Phi) is 5.23. The van der Waals surface area contributed by atoms with E-state index in [4.69, 9.17) is 5.11 Å². The second-order valence-electron chi connectivity index (χ2n) is 6.41. The van der Waals surface area contributed by atoms with Crippen LogP contribution in [0.2, 0.25) is 19.6 Å². The summed E-state index contributed by atoms with van der Waals surface area (Å²) < 4.78 is 41.6. The molecule has 25 heavy (non-hydrogen) atoms. The second-order valence-corrected chi connectivity index (χ2v) is 11.2. The molecule has 0 saturated heterocycles. The maximum absolute atomic E-state index is 14.2. The Morgan fingerprint density at radius 2 is 1.76 bits per heavy atom. The van der Waals surface area contributed by atoms with Gasteiger partial charge in [-0.15, -0.1) is 5.54 Å². The molecule has 0 aliphatic carbocycles. The number of hydrogen-bond donors (Lipinski definition) is 2. The Morgan fingerprint density at radius 1 is 1.08 bits per heavy atom. The van der Waals surface area contributed by atoms with Crippen molar-refractivity contribution in [2.45, 2.75) is 19.6 Å². The van der Waals surface area contributed by atoms with E-state index in [1.165, 1.54) is 12.1 Å². The highest BCUT2D eigenvalue weighted by atomic mass is 28.3. The van der Waals surface area contributed by atoms with Gasteiger partial charge in [-0.2, -0.15) is 0 Å². The van der Waals surface area contributed by atoms with E-state index in [2.05, 4.69) is 16.8 Å². The van der Waals surface area contributed by atoms with E-state index >= 15 is 0 Å². The first-order valence-corrected chi connectivity index (χ1v) is 10.9. The molecule has 3 nitrogen and oxygen atoms in total. The van der Waals surface area contributed by atoms with Gasteiger partial charge in [-0.1, -0.05) is 25.6 Å². The van der Waals surface area contributed by atoms with Crippen LogP contribution in [0.25, 0.3) is 0 Å². The van der Waals surface area contributed by atoms with Crippen LogP contribution in [0.4, 0.5) is 24.5 Å². The van der Waals surface area contributed by atoms with Crippen LogP contribution < -0.4 is 5.32 Å². The van der Waals surface area contributed by atoms with E-state index in [0.29, 0.717) is 11.6 Å². The number of halogens is 3. The summed E-state index contributed by atoms with van der Waals surface area (Å²) in [6.45, 7) is 6.14. The van der Waals surface area contributed by atoms with Crippen molar-refractivity contribution in [3.05, 3.63) is 58.9 Å². The van der Waals surface area contributed by atoms with Gasteiger partial charge in [0.1, 0.15) is 13.9 Å². The molecule has 2 aromatic rings. The molecule has 0 spiro atoms. The van der Waals surface area contributed by atoms with E-state index in [1.807, 2.05) is 19.6 Å². The first-order valence-electron chi connectivity index (χ1n) is 7.39. The van der Waals surface area contributed by atoms with Gasteiger partial charge < -0.3 is 10.4 Å². The van der Waals surface area contributed by atoms with Crippen LogP contribution >= 0.6 is 0 Å². The van der Waals surface area contributed by atoms with Crippen molar-refractivity contribution < 1.29 is 23.1 Å². The van der Waals surface area contributed by atoms with Gasteiger partial charge in [-0.05, 0) is 30.3 Å². The molecule has 0 unspecified atom stereocenters. The highest BCUT2D eigenvalue weighted by Crippen LogP contribution is 2.28. The summed E-state index contributed by atoms with van der Waals surface area (Å²) in [6, 6.07) is 5.60. The number of hydrogen-bond acceptors (Lipinski definition) is 2. The van der Waals surface area contributed by atoms with Crippen LogP contribution in [0.1, 0.15) is 15.9 Å². The summed E-state index contributed by atoms with van der Waals surface area (Å²) in [5.41, 5.74) is 2.23. The van der Waals surface area contributed by atoms with Gasteiger partial charge >= 0.3 is 5.97 Å². The maximum atomic E-state index is 14.2. The van der Waals surface area contributed by atoms with Crippen LogP contribution in [-0.2, 0) is 0 Å². The minimum Gasteiger partial charge on any atom is -0.478 e. The monoisotopic (exact) mass is 363 g/mol. The quantitative estimate of drug-likeness (QED) is 0.610. The molecule has 0 fully saturated rings. The molecule has 0 aliphatic rings. The number of rotatable bonds is 3. The van der Waals surface area contributed by atoms with Crippen molar-refractivity contribution in [1.29, 1.82) is 0 Å². The van der Waals surface area contributed by atoms with Gasteiger partial charge in [0, 0.05) is 5.56 Å². The van der Waals surface area contributed by atoms with Crippen molar-refractivity contribution in [3.8, 4) is 11.5 Å². The van der Waals surface area contributed by atoms with Crippen molar-refractivity contribution >= 4 is 25.4 Å². The molecule has 0 atom stereocenters. The molecule has 0 aliphatic heterocycles. The highest BCUT2D eigenvalue weighted by molar-refractivity contribution is 6.83. The summed E-state index contributed by atoms with van der Waals surface area (Å²) in [5, 5.41) is 11.4. The lowest BCUT2D eigenvalue weighted by molar-refractivity contribution is 0.0697. The molecular weight excluding hydrogens is 347 g/mol. The van der Waals surface area contributed by atoms with Gasteiger partial charge in [-0.3, -0.25) is 0 Å². The molecule has 0 heterocycles. The zero-order chi connectivity index (χ0) is 18.8. The predicted octanol–water partition coefficient (Wildman–Crippen LogP) is 4.77. The summed E-state index contributed by atoms with van der Waals surface area (Å²) in [4.78, 5) is 11.2. The summed E-state index contributed by atoms with van der Waals surface area (Å²) in [7, 11) is -1.62. The number of nitrogens with one attached hydrogen (secondary N) is 1. The van der Waals surface area contributed by atoms with Gasteiger partial charge in [-0.25, -0.2) is 18.0 Å². The van der Waals surface area contributed by atoms with Crippen molar-refractivity contribution in [2.24, 2.45) is 0 Å². The van der Waals surface area contributed by atoms with E-state index in [9.17, 15) is 18.0 Å². The van der Waals surface area contributed by atoms with E-state index in [0.717, 1.165) is 12.1 Å². The third-order valence-electron chi connectivity index (χ3n) is 3.14. The number of benzene rings is 2. The second kappa shape index (κ2) is 7.03. The van der Waals surface area contributed by atoms with Crippen molar-refractivity contribution in [1.82, 2.24) is 0 Å². The Bertz CT molecular complexity index is 896. The Morgan fingerprint density at radius 3 is 2.32 bits per heavy atom. The number of carboxylic acid groups (broad SMARTS) is 1. The van der Waals surface area contributed by atoms with Crippen LogP contribution in [0.3, 0.4) is 0 Å². The first kappa shape index (κ1) is 18.6. The first-order chi connectivity index (χ1) is 11.6. The maximum Gasteiger partial charge on any atom is 0.337 e. The lowest BCUT2D eigenvalue weighted by Crippen LogP contribution is -2.16. The number of carbonyl (C=O) groups is 1. The van der Waals surface area contributed by atoms with E-state index in [-0.39, 0.29) is 5.69 Å². The zero-order valence-corrected chi connectivity index (χ0v) is 14.9. The number of anilines is 2. The van der Waals surface area contributed by atoms with Crippen LogP contribution in [0.5, 0.6) is 0 Å². The molecule has 0 amide bonds. The topological polar surface area (TPSA) is 49.3 Å². The average molecular weight is 363 g/mol. The van der Waals surface area contributed by atoms with Crippen LogP contribution in [0, 0.1) is 28.9 Å².